The molecule has 1 aliphatic heterocycles. The summed E-state index contributed by atoms with van der Waals surface area (Å²) < 4.78 is 0. The van der Waals surface area contributed by atoms with Gasteiger partial charge in [-0.15, -0.1) is 0 Å². The molecule has 1 heterocycles. The van der Waals surface area contributed by atoms with Gasteiger partial charge in [-0.25, -0.2) is 0 Å². The molecule has 0 bridgehead atoms. The molecule has 0 radical (unpaired) electrons. The van der Waals surface area contributed by atoms with Crippen LogP contribution in [0.25, 0.3) is 0 Å². The Morgan fingerprint density at radius 1 is 1.44 bits per heavy atom. The second-order valence-corrected chi connectivity index (χ2v) is 5.44. The van der Waals surface area contributed by atoms with Crippen molar-refractivity contribution in [2.75, 3.05) is 47.8 Å². The molecule has 16 heavy (non-hydrogen) atoms. The molecule has 1 rings (SSSR count). The number of piperidine rings is 1. The smallest absolute Gasteiger partial charge is 0.0130 e. The third kappa shape index (κ3) is 4.40. The highest BCUT2D eigenvalue weighted by Crippen LogP contribution is 2.24. The third-order valence-electron chi connectivity index (χ3n) is 3.80. The lowest BCUT2D eigenvalue weighted by atomic mass is 9.87. The van der Waals surface area contributed by atoms with Gasteiger partial charge in [0.15, 0.2) is 0 Å². The molecule has 1 fully saturated rings. The Kier molecular flexibility index (Phi) is 6.32. The highest BCUT2D eigenvalue weighted by Gasteiger charge is 2.26. The minimum Gasteiger partial charge on any atom is -0.320 e. The van der Waals surface area contributed by atoms with Gasteiger partial charge in [0.1, 0.15) is 0 Å². The fraction of sp³-hybridized carbons (Fsp3) is 1.00. The van der Waals surface area contributed by atoms with E-state index in [9.17, 15) is 0 Å². The van der Waals surface area contributed by atoms with E-state index in [1.165, 1.54) is 38.8 Å². The third-order valence-corrected chi connectivity index (χ3v) is 3.80. The van der Waals surface area contributed by atoms with Gasteiger partial charge in [-0.3, -0.25) is 0 Å². The highest BCUT2D eigenvalue weighted by molar-refractivity contribution is 4.82. The van der Waals surface area contributed by atoms with Crippen molar-refractivity contribution in [3.8, 4) is 0 Å². The molecule has 0 saturated carbocycles. The Morgan fingerprint density at radius 3 is 2.75 bits per heavy atom. The van der Waals surface area contributed by atoms with E-state index >= 15 is 0 Å². The largest absolute Gasteiger partial charge is 0.320 e. The molecular formula is C13H29N3. The number of likely N-dealkylation sites (tertiary alicyclic amines) is 1. The number of hydrogen-bond donors (Lipinski definition) is 1. The monoisotopic (exact) mass is 227 g/mol. The normalized spacial score (nSPS) is 24.9. The Balaban J connectivity index is 2.41. The summed E-state index contributed by atoms with van der Waals surface area (Å²) in [6.45, 7) is 3.71. The predicted octanol–water partition coefficient (Wildman–Crippen LogP) is 1.26. The Labute approximate surface area is 101 Å². The zero-order valence-corrected chi connectivity index (χ0v) is 11.5. The lowest BCUT2D eigenvalue weighted by molar-refractivity contribution is 0.115. The van der Waals surface area contributed by atoms with Crippen molar-refractivity contribution < 1.29 is 0 Å². The standard InChI is InChI=1S/C13H29N3/c1-14-9-5-8-13(15(2)3)12-7-6-10-16(4)11-12/h12-14H,5-11H2,1-4H3. The van der Waals surface area contributed by atoms with Gasteiger partial charge in [-0.2, -0.15) is 0 Å². The molecule has 3 nitrogen and oxygen atoms in total. The molecule has 0 amide bonds. The van der Waals surface area contributed by atoms with Crippen LogP contribution in [0.1, 0.15) is 25.7 Å². The molecule has 1 aliphatic rings. The summed E-state index contributed by atoms with van der Waals surface area (Å²) in [5.41, 5.74) is 0. The zero-order chi connectivity index (χ0) is 12.0. The lowest BCUT2D eigenvalue weighted by Gasteiger charge is -2.38. The first-order chi connectivity index (χ1) is 7.65. The first-order valence-electron chi connectivity index (χ1n) is 6.64. The van der Waals surface area contributed by atoms with Gasteiger partial charge in [-0.05, 0) is 72.9 Å². The van der Waals surface area contributed by atoms with Crippen molar-refractivity contribution in [3.05, 3.63) is 0 Å². The number of rotatable bonds is 6. The molecule has 0 spiro atoms. The van der Waals surface area contributed by atoms with Crippen molar-refractivity contribution in [1.29, 1.82) is 0 Å². The van der Waals surface area contributed by atoms with Crippen LogP contribution in [0, 0.1) is 5.92 Å². The fourth-order valence-electron chi connectivity index (χ4n) is 2.92. The minimum atomic E-state index is 0.760. The average Bonchev–Trinajstić information content (AvgIpc) is 2.24. The molecule has 2 atom stereocenters. The van der Waals surface area contributed by atoms with E-state index in [0.717, 1.165) is 18.5 Å². The summed E-state index contributed by atoms with van der Waals surface area (Å²) in [6, 6.07) is 0.760. The predicted molar refractivity (Wildman–Crippen MR) is 70.9 cm³/mol. The van der Waals surface area contributed by atoms with Crippen molar-refractivity contribution >= 4 is 0 Å². The maximum absolute atomic E-state index is 3.24. The molecule has 0 aliphatic carbocycles. The van der Waals surface area contributed by atoms with Gasteiger partial charge in [0, 0.05) is 12.6 Å². The van der Waals surface area contributed by atoms with Crippen LogP contribution in [-0.2, 0) is 0 Å². The molecule has 96 valence electrons. The van der Waals surface area contributed by atoms with E-state index in [2.05, 4.69) is 36.3 Å². The average molecular weight is 227 g/mol. The molecule has 0 aromatic carbocycles. The number of nitrogens with one attached hydrogen (secondary N) is 1. The van der Waals surface area contributed by atoms with Crippen LogP contribution in [0.15, 0.2) is 0 Å². The Hall–Kier alpha value is -0.120. The SMILES string of the molecule is CNCCCC(C1CCCN(C)C1)N(C)C. The van der Waals surface area contributed by atoms with Gasteiger partial charge >= 0.3 is 0 Å². The molecule has 1 N–H and O–H groups in total. The number of hydrogen-bond acceptors (Lipinski definition) is 3. The second kappa shape index (κ2) is 7.25. The minimum absolute atomic E-state index is 0.760. The van der Waals surface area contributed by atoms with E-state index in [1.54, 1.807) is 0 Å². The molecule has 0 aromatic rings. The van der Waals surface area contributed by atoms with Crippen LogP contribution in [0.3, 0.4) is 0 Å². The van der Waals surface area contributed by atoms with Gasteiger partial charge < -0.3 is 15.1 Å². The van der Waals surface area contributed by atoms with E-state index in [1.807, 2.05) is 7.05 Å². The van der Waals surface area contributed by atoms with Crippen LogP contribution in [-0.4, -0.2) is 63.7 Å². The molecule has 1 saturated heterocycles. The lowest BCUT2D eigenvalue weighted by Crippen LogP contribution is -2.44. The van der Waals surface area contributed by atoms with E-state index in [-0.39, 0.29) is 0 Å². The maximum atomic E-state index is 3.24. The second-order valence-electron chi connectivity index (χ2n) is 5.44. The molecule has 2 unspecified atom stereocenters. The van der Waals surface area contributed by atoms with Crippen LogP contribution in [0.2, 0.25) is 0 Å². The first kappa shape index (κ1) is 13.9. The van der Waals surface area contributed by atoms with Crippen LogP contribution < -0.4 is 5.32 Å². The summed E-state index contributed by atoms with van der Waals surface area (Å²) in [5.74, 6) is 0.866. The van der Waals surface area contributed by atoms with E-state index in [0.29, 0.717) is 0 Å². The zero-order valence-electron chi connectivity index (χ0n) is 11.5. The maximum Gasteiger partial charge on any atom is 0.0130 e. The van der Waals surface area contributed by atoms with Gasteiger partial charge in [0.05, 0.1) is 0 Å². The van der Waals surface area contributed by atoms with Crippen molar-refractivity contribution in [3.63, 3.8) is 0 Å². The van der Waals surface area contributed by atoms with Crippen molar-refractivity contribution in [1.82, 2.24) is 15.1 Å². The van der Waals surface area contributed by atoms with Crippen LogP contribution in [0.4, 0.5) is 0 Å². The summed E-state index contributed by atoms with van der Waals surface area (Å²) in [5, 5.41) is 3.24. The van der Waals surface area contributed by atoms with Crippen molar-refractivity contribution in [2.45, 2.75) is 31.7 Å². The Morgan fingerprint density at radius 2 is 2.19 bits per heavy atom. The summed E-state index contributed by atoms with van der Waals surface area (Å²) in [4.78, 5) is 4.92. The van der Waals surface area contributed by atoms with Gasteiger partial charge in [-0.1, -0.05) is 0 Å². The highest BCUT2D eigenvalue weighted by atomic mass is 15.1. The molecule has 0 aromatic heterocycles. The fourth-order valence-corrected chi connectivity index (χ4v) is 2.92. The molecule has 3 heteroatoms. The van der Waals surface area contributed by atoms with Gasteiger partial charge in [0.2, 0.25) is 0 Å². The Bertz CT molecular complexity index is 182. The number of nitrogens with zero attached hydrogens (tertiary/aromatic N) is 2. The van der Waals surface area contributed by atoms with E-state index < -0.39 is 0 Å². The van der Waals surface area contributed by atoms with Crippen LogP contribution >= 0.6 is 0 Å². The quantitative estimate of drug-likeness (QED) is 0.689. The molecular weight excluding hydrogens is 198 g/mol. The topological polar surface area (TPSA) is 18.5 Å². The van der Waals surface area contributed by atoms with Crippen molar-refractivity contribution in [2.24, 2.45) is 5.92 Å². The van der Waals surface area contributed by atoms with Crippen LogP contribution in [0.5, 0.6) is 0 Å². The summed E-state index contributed by atoms with van der Waals surface area (Å²) in [7, 11) is 8.77. The van der Waals surface area contributed by atoms with E-state index in [4.69, 9.17) is 0 Å². The summed E-state index contributed by atoms with van der Waals surface area (Å²) in [6.07, 6.45) is 5.40. The first-order valence-corrected chi connectivity index (χ1v) is 6.64. The van der Waals surface area contributed by atoms with Gasteiger partial charge in [0.25, 0.3) is 0 Å². The summed E-state index contributed by atoms with van der Waals surface area (Å²) >= 11 is 0.